The second-order valence-electron chi connectivity index (χ2n) is 5.89. The predicted molar refractivity (Wildman–Crippen MR) is 107 cm³/mol. The molecular formula is C20H23N3O2S. The Hall–Kier alpha value is -2.44. The normalized spacial score (nSPS) is 12.0. The number of aromatic nitrogens is 2. The highest BCUT2D eigenvalue weighted by Gasteiger charge is 2.16. The van der Waals surface area contributed by atoms with Crippen LogP contribution in [-0.2, 0) is 0 Å². The molecule has 0 amide bonds. The first-order valence-corrected chi connectivity index (χ1v) is 9.28. The third-order valence-corrected chi connectivity index (χ3v) is 5.08. The number of hydrogen-bond acceptors (Lipinski definition) is 5. The second-order valence-corrected chi connectivity index (χ2v) is 7.31. The number of aromatic amines is 1. The number of nitrogens with one attached hydrogen (secondary N) is 1. The number of methoxy groups -OCH3 is 2. The molecule has 1 atom stereocenters. The largest absolute Gasteiger partial charge is 0.497 e. The molecule has 0 aliphatic rings. The molecule has 0 spiro atoms. The Kier molecular flexibility index (Phi) is 5.85. The summed E-state index contributed by atoms with van der Waals surface area (Å²) in [7, 11) is 3.33. The summed E-state index contributed by atoms with van der Waals surface area (Å²) in [5, 5.41) is 1.15. The van der Waals surface area contributed by atoms with Gasteiger partial charge in [0.2, 0.25) is 0 Å². The lowest BCUT2D eigenvalue weighted by atomic mass is 10.0. The van der Waals surface area contributed by atoms with Crippen molar-refractivity contribution in [3.63, 3.8) is 0 Å². The average Bonchev–Trinajstić information content (AvgIpc) is 3.11. The fourth-order valence-corrected chi connectivity index (χ4v) is 3.35. The van der Waals surface area contributed by atoms with E-state index in [0.29, 0.717) is 6.54 Å². The molecule has 0 saturated heterocycles. The molecule has 0 fully saturated rings. The maximum absolute atomic E-state index is 5.76. The van der Waals surface area contributed by atoms with Crippen LogP contribution in [0.1, 0.15) is 6.92 Å². The van der Waals surface area contributed by atoms with Crippen LogP contribution in [0.3, 0.4) is 0 Å². The Morgan fingerprint density at radius 3 is 2.00 bits per heavy atom. The number of nitrogens with two attached hydrogens (primary N) is 1. The zero-order valence-electron chi connectivity index (χ0n) is 15.2. The Bertz CT molecular complexity index is 779. The number of benzene rings is 2. The Labute approximate surface area is 157 Å². The molecule has 1 unspecified atom stereocenters. The summed E-state index contributed by atoms with van der Waals surface area (Å²) in [5.74, 6) is 1.65. The summed E-state index contributed by atoms with van der Waals surface area (Å²) in [6.07, 6.45) is 0. The maximum atomic E-state index is 5.76. The molecule has 5 nitrogen and oxygen atoms in total. The van der Waals surface area contributed by atoms with E-state index < -0.39 is 0 Å². The van der Waals surface area contributed by atoms with Crippen LogP contribution in [0.25, 0.3) is 22.5 Å². The average molecular weight is 369 g/mol. The van der Waals surface area contributed by atoms with Crippen LogP contribution in [-0.4, -0.2) is 36.0 Å². The van der Waals surface area contributed by atoms with Gasteiger partial charge in [-0.25, -0.2) is 4.98 Å². The monoisotopic (exact) mass is 369 g/mol. The van der Waals surface area contributed by atoms with Crippen molar-refractivity contribution < 1.29 is 9.47 Å². The Morgan fingerprint density at radius 2 is 1.50 bits per heavy atom. The van der Waals surface area contributed by atoms with Gasteiger partial charge in [-0.05, 0) is 48.5 Å². The Balaban J connectivity index is 2.04. The van der Waals surface area contributed by atoms with Crippen molar-refractivity contribution in [2.45, 2.75) is 17.3 Å². The molecule has 0 aliphatic carbocycles. The van der Waals surface area contributed by atoms with Crippen LogP contribution in [0.5, 0.6) is 11.5 Å². The van der Waals surface area contributed by atoms with Gasteiger partial charge in [-0.3, -0.25) is 0 Å². The van der Waals surface area contributed by atoms with Crippen LogP contribution in [0.15, 0.2) is 53.7 Å². The summed E-state index contributed by atoms with van der Waals surface area (Å²) in [6.45, 7) is 2.69. The van der Waals surface area contributed by atoms with E-state index in [-0.39, 0.29) is 5.25 Å². The number of imidazole rings is 1. The molecule has 6 heteroatoms. The van der Waals surface area contributed by atoms with Gasteiger partial charge in [-0.15, -0.1) is 0 Å². The fraction of sp³-hybridized carbons (Fsp3) is 0.250. The van der Waals surface area contributed by atoms with E-state index in [0.717, 1.165) is 39.2 Å². The van der Waals surface area contributed by atoms with Crippen LogP contribution >= 0.6 is 11.8 Å². The quantitative estimate of drug-likeness (QED) is 0.611. The van der Waals surface area contributed by atoms with E-state index >= 15 is 0 Å². The number of H-pyrrole nitrogens is 1. The van der Waals surface area contributed by atoms with E-state index in [1.807, 2.05) is 48.5 Å². The first-order valence-electron chi connectivity index (χ1n) is 8.40. The highest BCUT2D eigenvalue weighted by atomic mass is 32.2. The molecule has 1 aromatic heterocycles. The standard InChI is InChI=1S/C20H23N3O2S/c1-13(12-21)26-20-22-18(14-4-8-16(24-2)9-5-14)19(23-20)15-6-10-17(25-3)11-7-15/h4-11,13H,12,21H2,1-3H3,(H,22,23). The van der Waals surface area contributed by atoms with Crippen molar-refractivity contribution in [2.75, 3.05) is 20.8 Å². The molecule has 0 radical (unpaired) electrons. The molecule has 1 heterocycles. The molecule has 0 aliphatic heterocycles. The van der Waals surface area contributed by atoms with Gasteiger partial charge in [0.25, 0.3) is 0 Å². The second kappa shape index (κ2) is 8.29. The first-order chi connectivity index (χ1) is 12.6. The first kappa shape index (κ1) is 18.4. The molecule has 3 aromatic rings. The number of hydrogen-bond donors (Lipinski definition) is 2. The fourth-order valence-electron chi connectivity index (χ4n) is 2.57. The van der Waals surface area contributed by atoms with E-state index in [1.54, 1.807) is 26.0 Å². The minimum Gasteiger partial charge on any atom is -0.497 e. The highest BCUT2D eigenvalue weighted by molar-refractivity contribution is 7.99. The van der Waals surface area contributed by atoms with Crippen molar-refractivity contribution in [2.24, 2.45) is 5.73 Å². The summed E-state index contributed by atoms with van der Waals surface area (Å²) in [5.41, 5.74) is 9.72. The van der Waals surface area contributed by atoms with Gasteiger partial charge in [-0.1, -0.05) is 18.7 Å². The molecule has 0 bridgehead atoms. The maximum Gasteiger partial charge on any atom is 0.166 e. The summed E-state index contributed by atoms with van der Waals surface area (Å²) in [4.78, 5) is 8.27. The molecule has 136 valence electrons. The Morgan fingerprint density at radius 1 is 0.962 bits per heavy atom. The minimum absolute atomic E-state index is 0.286. The van der Waals surface area contributed by atoms with Crippen molar-refractivity contribution in [3.8, 4) is 34.0 Å². The van der Waals surface area contributed by atoms with Gasteiger partial charge in [-0.2, -0.15) is 0 Å². The predicted octanol–water partition coefficient (Wildman–Crippen LogP) is 4.20. The van der Waals surface area contributed by atoms with Gasteiger partial charge in [0.15, 0.2) is 5.16 Å². The van der Waals surface area contributed by atoms with Crippen LogP contribution in [0.2, 0.25) is 0 Å². The summed E-state index contributed by atoms with van der Waals surface area (Å²) in [6, 6.07) is 15.9. The molecular weight excluding hydrogens is 346 g/mol. The molecule has 2 aromatic carbocycles. The van der Waals surface area contributed by atoms with Crippen molar-refractivity contribution >= 4 is 11.8 Å². The van der Waals surface area contributed by atoms with Crippen LogP contribution in [0, 0.1) is 0 Å². The number of nitrogens with zero attached hydrogens (tertiary/aromatic N) is 1. The minimum atomic E-state index is 0.286. The lowest BCUT2D eigenvalue weighted by molar-refractivity contribution is 0.414. The van der Waals surface area contributed by atoms with E-state index in [9.17, 15) is 0 Å². The SMILES string of the molecule is COc1ccc(-c2nc(SC(C)CN)[nH]c2-c2ccc(OC)cc2)cc1. The third-order valence-electron chi connectivity index (χ3n) is 4.07. The third kappa shape index (κ3) is 4.03. The topological polar surface area (TPSA) is 73.2 Å². The zero-order valence-corrected chi connectivity index (χ0v) is 16.0. The summed E-state index contributed by atoms with van der Waals surface area (Å²) >= 11 is 1.64. The van der Waals surface area contributed by atoms with Gasteiger partial charge < -0.3 is 20.2 Å². The van der Waals surface area contributed by atoms with Crippen molar-refractivity contribution in [1.29, 1.82) is 0 Å². The van der Waals surface area contributed by atoms with Gasteiger partial charge in [0, 0.05) is 22.9 Å². The van der Waals surface area contributed by atoms with Crippen LogP contribution < -0.4 is 15.2 Å². The smallest absolute Gasteiger partial charge is 0.166 e. The molecule has 3 N–H and O–H groups in total. The van der Waals surface area contributed by atoms with E-state index in [1.165, 1.54) is 0 Å². The molecule has 3 rings (SSSR count). The van der Waals surface area contributed by atoms with Crippen molar-refractivity contribution in [1.82, 2.24) is 9.97 Å². The van der Waals surface area contributed by atoms with Gasteiger partial charge in [0.1, 0.15) is 11.5 Å². The van der Waals surface area contributed by atoms with Gasteiger partial charge >= 0.3 is 0 Å². The molecule has 26 heavy (non-hydrogen) atoms. The number of thioether (sulfide) groups is 1. The zero-order chi connectivity index (χ0) is 18.5. The number of rotatable bonds is 7. The van der Waals surface area contributed by atoms with E-state index in [4.69, 9.17) is 20.2 Å². The lowest BCUT2D eigenvalue weighted by Crippen LogP contribution is -2.12. The van der Waals surface area contributed by atoms with E-state index in [2.05, 4.69) is 11.9 Å². The number of ether oxygens (including phenoxy) is 2. The van der Waals surface area contributed by atoms with Gasteiger partial charge in [0.05, 0.1) is 25.6 Å². The highest BCUT2D eigenvalue weighted by Crippen LogP contribution is 2.35. The van der Waals surface area contributed by atoms with Crippen molar-refractivity contribution in [3.05, 3.63) is 48.5 Å². The molecule has 0 saturated carbocycles. The lowest BCUT2D eigenvalue weighted by Gasteiger charge is -2.06. The van der Waals surface area contributed by atoms with Crippen LogP contribution in [0.4, 0.5) is 0 Å². The summed E-state index contributed by atoms with van der Waals surface area (Å²) < 4.78 is 10.5.